The molecule has 0 aromatic heterocycles. The molecule has 0 saturated carbocycles. The van der Waals surface area contributed by atoms with Crippen molar-refractivity contribution in [3.05, 3.63) is 48.6 Å². The van der Waals surface area contributed by atoms with Crippen LogP contribution in [0, 0.1) is 5.41 Å². The van der Waals surface area contributed by atoms with Crippen LogP contribution < -0.4 is 16.5 Å². The van der Waals surface area contributed by atoms with Gasteiger partial charge in [-0.1, -0.05) is 24.3 Å². The van der Waals surface area contributed by atoms with Crippen molar-refractivity contribution in [2.75, 3.05) is 11.1 Å². The van der Waals surface area contributed by atoms with Crippen LogP contribution in [0.15, 0.2) is 53.7 Å². The number of rotatable bonds is 5. The van der Waals surface area contributed by atoms with Crippen LogP contribution in [0.5, 0.6) is 0 Å². The molecule has 22 heavy (non-hydrogen) atoms. The van der Waals surface area contributed by atoms with Gasteiger partial charge in [0.1, 0.15) is 5.71 Å². The second kappa shape index (κ2) is 7.21. The van der Waals surface area contributed by atoms with E-state index in [0.717, 1.165) is 6.42 Å². The summed E-state index contributed by atoms with van der Waals surface area (Å²) in [5.41, 5.74) is 9.88. The van der Waals surface area contributed by atoms with Crippen LogP contribution in [0.3, 0.4) is 0 Å². The van der Waals surface area contributed by atoms with Crippen molar-refractivity contribution < 1.29 is 4.79 Å². The van der Waals surface area contributed by atoms with Crippen LogP contribution in [-0.2, 0) is 4.79 Å². The van der Waals surface area contributed by atoms with E-state index in [0.29, 0.717) is 17.1 Å². The second-order valence-electron chi connectivity index (χ2n) is 4.93. The average Bonchev–Trinajstić information content (AvgIpc) is 2.55. The first kappa shape index (κ1) is 15.5. The number of benzene rings is 1. The number of allylic oxidation sites excluding steroid dienone is 2. The fourth-order valence-corrected chi connectivity index (χ4v) is 1.84. The smallest absolute Gasteiger partial charge is 0.275 e. The third-order valence-corrected chi connectivity index (χ3v) is 3.14. The van der Waals surface area contributed by atoms with Crippen molar-refractivity contribution in [3.63, 3.8) is 0 Å². The first-order chi connectivity index (χ1) is 10.6. The quantitative estimate of drug-likeness (QED) is 0.380. The van der Waals surface area contributed by atoms with Crippen molar-refractivity contribution in [3.8, 4) is 0 Å². The summed E-state index contributed by atoms with van der Waals surface area (Å²) in [4.78, 5) is 12.0. The fourth-order valence-electron chi connectivity index (χ4n) is 1.84. The summed E-state index contributed by atoms with van der Waals surface area (Å²) in [6.45, 7) is 1.63. The van der Waals surface area contributed by atoms with Gasteiger partial charge in [-0.05, 0) is 37.6 Å². The Hall–Kier alpha value is -2.89. The standard InChI is InChI=1S/C16H19N5O/c1-11(20-21-14-5-3-2-4-6-14)15(18)16(22)19-13-9-7-12(17)8-10-13/h2-5,7-10,14,18,21H,6,17H2,1H3,(H,19,22)/b18-15?,20-11-. The van der Waals surface area contributed by atoms with Crippen molar-refractivity contribution in [1.29, 1.82) is 5.41 Å². The highest BCUT2D eigenvalue weighted by Crippen LogP contribution is 2.10. The minimum atomic E-state index is -0.507. The Morgan fingerprint density at radius 3 is 2.68 bits per heavy atom. The Morgan fingerprint density at radius 2 is 2.05 bits per heavy atom. The molecule has 1 atom stereocenters. The third kappa shape index (κ3) is 4.31. The van der Waals surface area contributed by atoms with Crippen LogP contribution in [-0.4, -0.2) is 23.4 Å². The van der Waals surface area contributed by atoms with E-state index in [1.165, 1.54) is 0 Å². The topological polar surface area (TPSA) is 103 Å². The molecule has 0 heterocycles. The second-order valence-corrected chi connectivity index (χ2v) is 4.93. The first-order valence-corrected chi connectivity index (χ1v) is 6.95. The van der Waals surface area contributed by atoms with E-state index in [9.17, 15) is 4.79 Å². The molecule has 0 aliphatic heterocycles. The number of nitrogens with zero attached hydrogens (tertiary/aromatic N) is 1. The molecule has 5 N–H and O–H groups in total. The van der Waals surface area contributed by atoms with Gasteiger partial charge in [0.2, 0.25) is 0 Å². The SMILES string of the molecule is C/C(=N/NC1C=CC=CC1)C(=N)C(=O)Nc1ccc(N)cc1. The Morgan fingerprint density at radius 1 is 1.32 bits per heavy atom. The van der Waals surface area contributed by atoms with Crippen molar-refractivity contribution >= 4 is 28.7 Å². The molecule has 1 aliphatic carbocycles. The zero-order valence-electron chi connectivity index (χ0n) is 12.3. The van der Waals surface area contributed by atoms with Gasteiger partial charge in [-0.15, -0.1) is 0 Å². The molecule has 2 rings (SSSR count). The average molecular weight is 297 g/mol. The van der Waals surface area contributed by atoms with E-state index in [1.807, 2.05) is 24.3 Å². The van der Waals surface area contributed by atoms with Crippen molar-refractivity contribution in [2.45, 2.75) is 19.4 Å². The highest BCUT2D eigenvalue weighted by molar-refractivity contribution is 6.67. The van der Waals surface area contributed by atoms with Gasteiger partial charge in [-0.25, -0.2) is 0 Å². The van der Waals surface area contributed by atoms with Gasteiger partial charge < -0.3 is 16.5 Å². The van der Waals surface area contributed by atoms with Crippen LogP contribution in [0.2, 0.25) is 0 Å². The first-order valence-electron chi connectivity index (χ1n) is 6.95. The number of hydrazone groups is 1. The lowest BCUT2D eigenvalue weighted by Crippen LogP contribution is -2.31. The molecule has 0 spiro atoms. The monoisotopic (exact) mass is 297 g/mol. The summed E-state index contributed by atoms with van der Waals surface area (Å²) in [5.74, 6) is -0.507. The maximum absolute atomic E-state index is 12.0. The molecular weight excluding hydrogens is 278 g/mol. The van der Waals surface area contributed by atoms with Gasteiger partial charge in [-0.2, -0.15) is 5.10 Å². The zero-order chi connectivity index (χ0) is 15.9. The number of nitrogen functional groups attached to an aromatic ring is 1. The molecule has 1 aromatic rings. The van der Waals surface area contributed by atoms with E-state index in [2.05, 4.69) is 15.8 Å². The maximum atomic E-state index is 12.0. The normalized spacial score (nSPS) is 17.1. The highest BCUT2D eigenvalue weighted by Gasteiger charge is 2.13. The number of carbonyl (C=O) groups excluding carboxylic acids is 1. The van der Waals surface area contributed by atoms with Crippen LogP contribution in [0.1, 0.15) is 13.3 Å². The number of nitrogens with two attached hydrogens (primary N) is 1. The number of hydrogen-bond acceptors (Lipinski definition) is 5. The summed E-state index contributed by atoms with van der Waals surface area (Å²) in [5, 5.41) is 14.6. The van der Waals surface area contributed by atoms with Gasteiger partial charge in [0.25, 0.3) is 5.91 Å². The van der Waals surface area contributed by atoms with Gasteiger partial charge in [0.15, 0.2) is 0 Å². The summed E-state index contributed by atoms with van der Waals surface area (Å²) < 4.78 is 0. The number of carbonyl (C=O) groups is 1. The van der Waals surface area contributed by atoms with Gasteiger partial charge >= 0.3 is 0 Å². The summed E-state index contributed by atoms with van der Waals surface area (Å²) >= 11 is 0. The third-order valence-electron chi connectivity index (χ3n) is 3.14. The molecule has 0 bridgehead atoms. The summed E-state index contributed by atoms with van der Waals surface area (Å²) in [6.07, 6.45) is 8.75. The lowest BCUT2D eigenvalue weighted by Gasteiger charge is -2.13. The molecule has 1 aliphatic rings. The summed E-state index contributed by atoms with van der Waals surface area (Å²) in [7, 11) is 0. The predicted molar refractivity (Wildman–Crippen MR) is 90.1 cm³/mol. The van der Waals surface area contributed by atoms with E-state index < -0.39 is 5.91 Å². The molecule has 1 amide bonds. The van der Waals surface area contributed by atoms with Crippen molar-refractivity contribution in [1.82, 2.24) is 5.43 Å². The minimum absolute atomic E-state index is 0.0907. The molecular formula is C16H19N5O. The van der Waals surface area contributed by atoms with Crippen molar-refractivity contribution in [2.24, 2.45) is 5.10 Å². The van der Waals surface area contributed by atoms with Gasteiger partial charge in [0, 0.05) is 11.4 Å². The van der Waals surface area contributed by atoms with E-state index in [4.69, 9.17) is 11.1 Å². The van der Waals surface area contributed by atoms with E-state index >= 15 is 0 Å². The zero-order valence-corrected chi connectivity index (χ0v) is 12.3. The Labute approximate surface area is 129 Å². The number of hydrogen-bond donors (Lipinski definition) is 4. The van der Waals surface area contributed by atoms with Gasteiger partial charge in [0.05, 0.1) is 11.8 Å². The molecule has 1 unspecified atom stereocenters. The lowest BCUT2D eigenvalue weighted by molar-refractivity contribution is -0.110. The molecule has 6 nitrogen and oxygen atoms in total. The molecule has 0 fully saturated rings. The van der Waals surface area contributed by atoms with Crippen LogP contribution >= 0.6 is 0 Å². The number of amides is 1. The Kier molecular flexibility index (Phi) is 5.08. The molecule has 6 heteroatoms. The van der Waals surface area contributed by atoms with Gasteiger partial charge in [-0.3, -0.25) is 10.2 Å². The predicted octanol–water partition coefficient (Wildman–Crippen LogP) is 2.08. The van der Waals surface area contributed by atoms with Crippen LogP contribution in [0.25, 0.3) is 0 Å². The Balaban J connectivity index is 1.91. The number of anilines is 2. The van der Waals surface area contributed by atoms with Crippen LogP contribution in [0.4, 0.5) is 11.4 Å². The van der Waals surface area contributed by atoms with E-state index in [1.54, 1.807) is 31.2 Å². The minimum Gasteiger partial charge on any atom is -0.399 e. The number of nitrogens with one attached hydrogen (secondary N) is 3. The van der Waals surface area contributed by atoms with E-state index in [-0.39, 0.29) is 11.8 Å². The molecule has 0 radical (unpaired) electrons. The summed E-state index contributed by atoms with van der Waals surface area (Å²) in [6, 6.07) is 6.83. The maximum Gasteiger partial charge on any atom is 0.275 e. The molecule has 114 valence electrons. The highest BCUT2D eigenvalue weighted by atomic mass is 16.1. The molecule has 1 aromatic carbocycles. The lowest BCUT2D eigenvalue weighted by atomic mass is 10.1. The molecule has 0 saturated heterocycles. The largest absolute Gasteiger partial charge is 0.399 e. The fraction of sp³-hybridized carbons (Fsp3) is 0.188. The Bertz CT molecular complexity index is 643.